The summed E-state index contributed by atoms with van der Waals surface area (Å²) in [6, 6.07) is 26.3. The van der Waals surface area contributed by atoms with Gasteiger partial charge in [-0.2, -0.15) is 27.1 Å². The number of rotatable bonds is 7. The Bertz CT molecular complexity index is 2390. The summed E-state index contributed by atoms with van der Waals surface area (Å²) in [5.41, 5.74) is 18.7. The van der Waals surface area contributed by atoms with Gasteiger partial charge in [-0.25, -0.2) is 0 Å². The van der Waals surface area contributed by atoms with Gasteiger partial charge in [0.05, 0.1) is 32.5 Å². The fourth-order valence-electron chi connectivity index (χ4n) is 5.26. The lowest BCUT2D eigenvalue weighted by Crippen LogP contribution is -1.97. The Labute approximate surface area is 276 Å². The van der Waals surface area contributed by atoms with E-state index in [2.05, 4.69) is 20.5 Å². The lowest BCUT2D eigenvalue weighted by atomic mass is 10.0. The third kappa shape index (κ3) is 6.50. The van der Waals surface area contributed by atoms with E-state index in [0.717, 1.165) is 22.3 Å². The summed E-state index contributed by atoms with van der Waals surface area (Å²) in [6.07, 6.45) is 0. The van der Waals surface area contributed by atoms with Crippen molar-refractivity contribution in [3.63, 3.8) is 0 Å². The molecule has 14 heteroatoms. The van der Waals surface area contributed by atoms with Gasteiger partial charge in [-0.3, -0.25) is 9.11 Å². The van der Waals surface area contributed by atoms with Gasteiger partial charge in [-0.1, -0.05) is 36.4 Å². The van der Waals surface area contributed by atoms with Crippen LogP contribution in [0, 0.1) is 13.8 Å². The Kier molecular flexibility index (Phi) is 8.26. The number of nitrogens with two attached hydrogens (primary N) is 2. The van der Waals surface area contributed by atoms with Gasteiger partial charge < -0.3 is 11.5 Å². The highest BCUT2D eigenvalue weighted by molar-refractivity contribution is 7.86. The van der Waals surface area contributed by atoms with Crippen molar-refractivity contribution in [3.8, 4) is 11.1 Å². The second kappa shape index (κ2) is 12.2. The second-order valence-corrected chi connectivity index (χ2v) is 14.0. The van der Waals surface area contributed by atoms with E-state index in [1.807, 2.05) is 50.2 Å². The molecule has 0 saturated carbocycles. The molecular weight excluding hydrogens is 653 g/mol. The van der Waals surface area contributed by atoms with Crippen molar-refractivity contribution >= 4 is 75.9 Å². The number of azo groups is 2. The topological polar surface area (TPSA) is 210 Å². The summed E-state index contributed by atoms with van der Waals surface area (Å²) >= 11 is 0. The molecule has 0 aliphatic rings. The van der Waals surface area contributed by atoms with Crippen molar-refractivity contribution in [2.24, 2.45) is 20.5 Å². The van der Waals surface area contributed by atoms with Crippen LogP contribution in [0.4, 0.5) is 34.1 Å². The average molecular weight is 681 g/mol. The van der Waals surface area contributed by atoms with Crippen molar-refractivity contribution in [1.82, 2.24) is 0 Å². The largest absolute Gasteiger partial charge is 0.397 e. The number of aryl methyl sites for hydroxylation is 2. The smallest absolute Gasteiger partial charge is 0.294 e. The Hall–Kier alpha value is -5.54. The Balaban J connectivity index is 1.25. The van der Waals surface area contributed by atoms with Gasteiger partial charge >= 0.3 is 0 Å². The fourth-order valence-corrected chi connectivity index (χ4v) is 6.29. The first-order valence-corrected chi connectivity index (χ1v) is 17.2. The van der Waals surface area contributed by atoms with E-state index in [9.17, 15) is 25.9 Å². The maximum Gasteiger partial charge on any atom is 0.294 e. The lowest BCUT2D eigenvalue weighted by Gasteiger charge is -2.09. The molecule has 0 radical (unpaired) electrons. The van der Waals surface area contributed by atoms with Crippen molar-refractivity contribution < 1.29 is 25.9 Å². The van der Waals surface area contributed by atoms with Crippen LogP contribution in [0.1, 0.15) is 11.1 Å². The molecule has 0 fully saturated rings. The summed E-state index contributed by atoms with van der Waals surface area (Å²) < 4.78 is 65.0. The highest BCUT2D eigenvalue weighted by atomic mass is 32.2. The molecule has 0 heterocycles. The van der Waals surface area contributed by atoms with E-state index in [1.54, 1.807) is 24.3 Å². The average Bonchev–Trinajstić information content (AvgIpc) is 3.03. The summed E-state index contributed by atoms with van der Waals surface area (Å²) in [5.74, 6) is 0. The van der Waals surface area contributed by atoms with E-state index >= 15 is 0 Å². The standard InChI is InChI=1S/C34H28N6O6S2/c1-19-15-21(5-13-31(19)37-39-33-27-9-7-25(47(41,42)43)17-23(27)3-11-29(33)35)22-6-14-32(20(2)16-22)38-40-34-28-10-8-26(48(44,45)46)18-24(28)4-12-30(34)36/h3-18H,35-36H2,1-2H3,(H,41,42,43)(H,44,45,46). The highest BCUT2D eigenvalue weighted by Crippen LogP contribution is 2.38. The van der Waals surface area contributed by atoms with Gasteiger partial charge in [0.1, 0.15) is 11.4 Å². The molecule has 12 nitrogen and oxygen atoms in total. The monoisotopic (exact) mass is 680 g/mol. The zero-order chi connectivity index (χ0) is 34.4. The van der Waals surface area contributed by atoms with E-state index in [4.69, 9.17) is 11.5 Å². The van der Waals surface area contributed by atoms with Crippen molar-refractivity contribution in [1.29, 1.82) is 0 Å². The second-order valence-electron chi connectivity index (χ2n) is 11.1. The van der Waals surface area contributed by atoms with Gasteiger partial charge in [0.15, 0.2) is 0 Å². The van der Waals surface area contributed by atoms with Gasteiger partial charge in [0.2, 0.25) is 0 Å². The molecule has 6 aromatic carbocycles. The predicted octanol–water partition coefficient (Wildman–Crippen LogP) is 8.77. The molecule has 0 spiro atoms. The molecule has 0 aromatic heterocycles. The molecule has 0 aliphatic heterocycles. The number of anilines is 2. The van der Waals surface area contributed by atoms with Crippen LogP contribution >= 0.6 is 0 Å². The Morgan fingerprint density at radius 3 is 1.25 bits per heavy atom. The predicted molar refractivity (Wildman–Crippen MR) is 186 cm³/mol. The molecular formula is C34H28N6O6S2. The van der Waals surface area contributed by atoms with Gasteiger partial charge in [0, 0.05) is 10.8 Å². The van der Waals surface area contributed by atoms with Crippen molar-refractivity contribution in [2.75, 3.05) is 11.5 Å². The van der Waals surface area contributed by atoms with Crippen LogP contribution in [0.15, 0.2) is 127 Å². The number of hydrogen-bond acceptors (Lipinski definition) is 10. The lowest BCUT2D eigenvalue weighted by molar-refractivity contribution is 0.481. The maximum absolute atomic E-state index is 11.6. The summed E-state index contributed by atoms with van der Waals surface area (Å²) in [6.45, 7) is 3.82. The third-order valence-electron chi connectivity index (χ3n) is 7.83. The summed E-state index contributed by atoms with van der Waals surface area (Å²) in [7, 11) is -8.72. The Morgan fingerprint density at radius 2 is 0.896 bits per heavy atom. The maximum atomic E-state index is 11.6. The van der Waals surface area contributed by atoms with E-state index in [0.29, 0.717) is 55.7 Å². The number of fused-ring (bicyclic) bond motifs is 2. The minimum absolute atomic E-state index is 0.228. The molecule has 6 rings (SSSR count). The number of benzene rings is 6. The zero-order valence-corrected chi connectivity index (χ0v) is 27.2. The van der Waals surface area contributed by atoms with Gasteiger partial charge in [-0.15, -0.1) is 10.2 Å². The molecule has 0 atom stereocenters. The molecule has 0 aliphatic carbocycles. The van der Waals surface area contributed by atoms with Gasteiger partial charge in [0.25, 0.3) is 20.2 Å². The first-order chi connectivity index (χ1) is 22.7. The van der Waals surface area contributed by atoms with Crippen LogP contribution in [0.25, 0.3) is 32.7 Å². The van der Waals surface area contributed by atoms with Crippen molar-refractivity contribution in [2.45, 2.75) is 23.6 Å². The third-order valence-corrected chi connectivity index (χ3v) is 9.53. The molecule has 48 heavy (non-hydrogen) atoms. The Morgan fingerprint density at radius 1 is 0.500 bits per heavy atom. The quantitative estimate of drug-likeness (QED) is 0.0725. The molecule has 0 saturated heterocycles. The minimum Gasteiger partial charge on any atom is -0.397 e. The van der Waals surface area contributed by atoms with E-state index in [-0.39, 0.29) is 9.79 Å². The fraction of sp³-hybridized carbons (Fsp3) is 0.0588. The van der Waals surface area contributed by atoms with E-state index < -0.39 is 20.2 Å². The molecule has 0 bridgehead atoms. The zero-order valence-electron chi connectivity index (χ0n) is 25.5. The SMILES string of the molecule is Cc1cc(-c2ccc(N=Nc3c(N)ccc4cc(S(=O)(=O)O)ccc34)c(C)c2)ccc1N=Nc1c(N)ccc2cc(S(=O)(=O)O)ccc12. The normalized spacial score (nSPS) is 12.5. The van der Waals surface area contributed by atoms with Crippen LogP contribution < -0.4 is 11.5 Å². The summed E-state index contributed by atoms with van der Waals surface area (Å²) in [4.78, 5) is -0.455. The molecule has 242 valence electrons. The van der Waals surface area contributed by atoms with Crippen LogP contribution in [0.2, 0.25) is 0 Å². The highest BCUT2D eigenvalue weighted by Gasteiger charge is 2.14. The molecule has 0 amide bonds. The first-order valence-electron chi connectivity index (χ1n) is 14.3. The van der Waals surface area contributed by atoms with Crippen molar-refractivity contribution in [3.05, 3.63) is 108 Å². The van der Waals surface area contributed by atoms with E-state index in [1.165, 1.54) is 36.4 Å². The number of hydrogen-bond donors (Lipinski definition) is 4. The van der Waals surface area contributed by atoms with Crippen LogP contribution in [0.3, 0.4) is 0 Å². The van der Waals surface area contributed by atoms with Gasteiger partial charge in [-0.05, 0) is 108 Å². The molecule has 0 unspecified atom stereocenters. The molecule has 6 N–H and O–H groups in total. The number of nitrogens with zero attached hydrogens (tertiary/aromatic N) is 4. The summed E-state index contributed by atoms with van der Waals surface area (Å²) in [5, 5.41) is 19.9. The number of nitrogen functional groups attached to an aromatic ring is 2. The van der Waals surface area contributed by atoms with Crippen LogP contribution in [-0.2, 0) is 20.2 Å². The van der Waals surface area contributed by atoms with Crippen LogP contribution in [-0.4, -0.2) is 25.9 Å². The molecule has 6 aromatic rings. The van der Waals surface area contributed by atoms with Crippen LogP contribution in [0.5, 0.6) is 0 Å². The minimum atomic E-state index is -4.36. The first kappa shape index (κ1) is 32.4.